The average Bonchev–Trinajstić information content (AvgIpc) is 2.95. The van der Waals surface area contributed by atoms with E-state index in [1.807, 2.05) is 48.5 Å². The molecule has 1 amide bonds. The van der Waals surface area contributed by atoms with Crippen molar-refractivity contribution in [1.82, 2.24) is 20.0 Å². The molecule has 38 heavy (non-hydrogen) atoms. The number of nitrogens with one attached hydrogen (secondary N) is 2. The highest BCUT2D eigenvalue weighted by Gasteiger charge is 2.43. The number of hydrogen-bond donors (Lipinski definition) is 3. The first-order valence-corrected chi connectivity index (χ1v) is 14.1. The maximum Gasteiger partial charge on any atom is 0.238 e. The zero-order valence-electron chi connectivity index (χ0n) is 20.9. The number of aliphatic hydroxyl groups is 1. The molecule has 4 rings (SSSR count). The number of aromatic nitrogens is 2. The smallest absolute Gasteiger partial charge is 0.238 e. The molecule has 0 spiro atoms. The standard InChI is InChI=1S/C29H30N4O4S/c1-38(36,37)33-26(17-16-22-10-4-2-5-11-22)28(34)32-27(23-12-6-3-7-13-23)29(35,24-14-8-18-30-20-24)25-15-9-19-31-21-25/h2-15,18-21,26-27,33,35H,16-17H2,1H3,(H,32,34)/t26-,27+/m0/s1. The van der Waals surface area contributed by atoms with Crippen molar-refractivity contribution in [2.75, 3.05) is 6.26 Å². The van der Waals surface area contributed by atoms with Crippen LogP contribution >= 0.6 is 0 Å². The Morgan fingerprint density at radius 2 is 1.42 bits per heavy atom. The zero-order chi connectivity index (χ0) is 27.0. The molecule has 0 saturated heterocycles. The molecule has 0 saturated carbocycles. The monoisotopic (exact) mass is 530 g/mol. The van der Waals surface area contributed by atoms with Crippen molar-refractivity contribution in [3.8, 4) is 0 Å². The van der Waals surface area contributed by atoms with Gasteiger partial charge in [-0.2, -0.15) is 0 Å². The summed E-state index contributed by atoms with van der Waals surface area (Å²) in [4.78, 5) is 22.1. The Balaban J connectivity index is 1.75. The van der Waals surface area contributed by atoms with Crippen LogP contribution in [0.2, 0.25) is 0 Å². The average molecular weight is 531 g/mol. The molecule has 0 aliphatic heterocycles. The van der Waals surface area contributed by atoms with Gasteiger partial charge in [0.1, 0.15) is 11.6 Å². The van der Waals surface area contributed by atoms with Crippen molar-refractivity contribution >= 4 is 15.9 Å². The number of aryl methyl sites for hydroxylation is 1. The van der Waals surface area contributed by atoms with Crippen LogP contribution in [-0.2, 0) is 26.8 Å². The third-order valence-electron chi connectivity index (χ3n) is 6.28. The Morgan fingerprint density at radius 3 is 1.92 bits per heavy atom. The molecule has 2 aromatic heterocycles. The third-order valence-corrected chi connectivity index (χ3v) is 6.99. The third kappa shape index (κ3) is 6.69. The van der Waals surface area contributed by atoms with E-state index in [1.165, 1.54) is 12.4 Å². The molecule has 0 bridgehead atoms. The summed E-state index contributed by atoms with van der Waals surface area (Å²) in [5, 5.41) is 15.4. The maximum atomic E-state index is 13.8. The summed E-state index contributed by atoms with van der Waals surface area (Å²) < 4.78 is 26.9. The number of carbonyl (C=O) groups is 1. The van der Waals surface area contributed by atoms with Crippen LogP contribution in [0.1, 0.15) is 34.7 Å². The summed E-state index contributed by atoms with van der Waals surface area (Å²) in [6.45, 7) is 0. The van der Waals surface area contributed by atoms with Crippen LogP contribution in [0.25, 0.3) is 0 Å². The summed E-state index contributed by atoms with van der Waals surface area (Å²) >= 11 is 0. The number of nitrogens with zero attached hydrogens (tertiary/aromatic N) is 2. The Bertz CT molecular complexity index is 1380. The Labute approximate surface area is 222 Å². The Kier molecular flexibility index (Phi) is 8.62. The number of sulfonamides is 1. The van der Waals surface area contributed by atoms with Crippen LogP contribution in [-0.4, -0.2) is 41.7 Å². The summed E-state index contributed by atoms with van der Waals surface area (Å²) in [6, 6.07) is 23.4. The lowest BCUT2D eigenvalue weighted by molar-refractivity contribution is -0.125. The molecule has 2 atom stereocenters. The van der Waals surface area contributed by atoms with Crippen molar-refractivity contribution in [3.05, 3.63) is 132 Å². The van der Waals surface area contributed by atoms with Gasteiger partial charge in [0.2, 0.25) is 15.9 Å². The van der Waals surface area contributed by atoms with Crippen LogP contribution in [0.15, 0.2) is 110 Å². The minimum Gasteiger partial charge on any atom is -0.378 e. The quantitative estimate of drug-likeness (QED) is 0.274. The molecule has 196 valence electrons. The van der Waals surface area contributed by atoms with Gasteiger partial charge in [-0.3, -0.25) is 14.8 Å². The fourth-order valence-corrected chi connectivity index (χ4v) is 5.19. The number of pyridine rings is 2. The van der Waals surface area contributed by atoms with Crippen LogP contribution < -0.4 is 10.0 Å². The topological polar surface area (TPSA) is 121 Å². The van der Waals surface area contributed by atoms with E-state index in [4.69, 9.17) is 0 Å². The van der Waals surface area contributed by atoms with E-state index in [9.17, 15) is 18.3 Å². The maximum absolute atomic E-state index is 13.8. The SMILES string of the molecule is CS(=O)(=O)N[C@@H](CCc1ccccc1)C(=O)N[C@H](c1ccccc1)C(O)(c1cccnc1)c1cccnc1. The molecule has 9 heteroatoms. The van der Waals surface area contributed by atoms with Crippen LogP contribution in [0.4, 0.5) is 0 Å². The molecule has 0 aliphatic rings. The normalized spacial score (nSPS) is 13.4. The van der Waals surface area contributed by atoms with Crippen molar-refractivity contribution in [1.29, 1.82) is 0 Å². The molecule has 8 nitrogen and oxygen atoms in total. The van der Waals surface area contributed by atoms with Gasteiger partial charge in [0, 0.05) is 35.9 Å². The van der Waals surface area contributed by atoms with Gasteiger partial charge < -0.3 is 10.4 Å². The zero-order valence-corrected chi connectivity index (χ0v) is 21.8. The predicted octanol–water partition coefficient (Wildman–Crippen LogP) is 3.12. The van der Waals surface area contributed by atoms with Gasteiger partial charge in [0.15, 0.2) is 0 Å². The number of carbonyl (C=O) groups excluding carboxylic acids is 1. The lowest BCUT2D eigenvalue weighted by Crippen LogP contribution is -2.52. The summed E-state index contributed by atoms with van der Waals surface area (Å²) in [7, 11) is -3.71. The number of hydrogen-bond acceptors (Lipinski definition) is 6. The van der Waals surface area contributed by atoms with Crippen molar-refractivity contribution in [3.63, 3.8) is 0 Å². The first-order chi connectivity index (χ1) is 18.3. The highest BCUT2D eigenvalue weighted by atomic mass is 32.2. The number of rotatable bonds is 11. The molecule has 0 radical (unpaired) electrons. The largest absolute Gasteiger partial charge is 0.378 e. The number of benzene rings is 2. The molecule has 0 fully saturated rings. The van der Waals surface area contributed by atoms with Crippen molar-refractivity contribution in [2.45, 2.75) is 30.5 Å². The van der Waals surface area contributed by atoms with Gasteiger partial charge in [0.25, 0.3) is 0 Å². The minimum absolute atomic E-state index is 0.225. The second kappa shape index (κ2) is 12.1. The van der Waals surface area contributed by atoms with Crippen LogP contribution in [0.3, 0.4) is 0 Å². The molecule has 0 unspecified atom stereocenters. The molecule has 3 N–H and O–H groups in total. The summed E-state index contributed by atoms with van der Waals surface area (Å²) in [5.74, 6) is -0.564. The van der Waals surface area contributed by atoms with E-state index >= 15 is 0 Å². The van der Waals surface area contributed by atoms with Gasteiger partial charge in [0.05, 0.1) is 12.3 Å². The van der Waals surface area contributed by atoms with Crippen LogP contribution in [0.5, 0.6) is 0 Å². The molecule has 2 aromatic carbocycles. The van der Waals surface area contributed by atoms with Gasteiger partial charge in [-0.1, -0.05) is 72.8 Å². The lowest BCUT2D eigenvalue weighted by Gasteiger charge is -2.38. The van der Waals surface area contributed by atoms with E-state index in [0.717, 1.165) is 11.8 Å². The molecular weight excluding hydrogens is 500 g/mol. The molecular formula is C29H30N4O4S. The lowest BCUT2D eigenvalue weighted by atomic mass is 9.78. The number of amides is 1. The molecule has 2 heterocycles. The highest BCUT2D eigenvalue weighted by molar-refractivity contribution is 7.88. The predicted molar refractivity (Wildman–Crippen MR) is 145 cm³/mol. The molecule has 0 aliphatic carbocycles. The summed E-state index contributed by atoms with van der Waals surface area (Å²) in [6.07, 6.45) is 7.99. The van der Waals surface area contributed by atoms with E-state index in [-0.39, 0.29) is 6.42 Å². The highest BCUT2D eigenvalue weighted by Crippen LogP contribution is 2.40. The van der Waals surface area contributed by atoms with Gasteiger partial charge in [-0.25, -0.2) is 13.1 Å². The van der Waals surface area contributed by atoms with Gasteiger partial charge in [-0.05, 0) is 36.1 Å². The van der Waals surface area contributed by atoms with E-state index < -0.39 is 33.6 Å². The molecule has 4 aromatic rings. The van der Waals surface area contributed by atoms with E-state index in [2.05, 4.69) is 20.0 Å². The Hall–Kier alpha value is -3.92. The Morgan fingerprint density at radius 1 is 0.868 bits per heavy atom. The first kappa shape index (κ1) is 27.1. The van der Waals surface area contributed by atoms with Crippen molar-refractivity contribution in [2.24, 2.45) is 0 Å². The van der Waals surface area contributed by atoms with Crippen molar-refractivity contribution < 1.29 is 18.3 Å². The fraction of sp³-hybridized carbons (Fsp3) is 0.207. The second-order valence-corrected chi connectivity index (χ2v) is 10.8. The van der Waals surface area contributed by atoms with Gasteiger partial charge in [-0.15, -0.1) is 0 Å². The van der Waals surface area contributed by atoms with E-state index in [1.54, 1.807) is 48.8 Å². The van der Waals surface area contributed by atoms with E-state index in [0.29, 0.717) is 23.1 Å². The van der Waals surface area contributed by atoms with Gasteiger partial charge >= 0.3 is 0 Å². The summed E-state index contributed by atoms with van der Waals surface area (Å²) in [5.41, 5.74) is 0.715. The fourth-order valence-electron chi connectivity index (χ4n) is 4.45. The minimum atomic E-state index is -3.71. The first-order valence-electron chi connectivity index (χ1n) is 12.2. The van der Waals surface area contributed by atoms with Crippen LogP contribution in [0, 0.1) is 0 Å². The second-order valence-electron chi connectivity index (χ2n) is 9.07.